The Morgan fingerprint density at radius 1 is 0.254 bits per heavy atom. The molecule has 12 rings (SSSR count). The van der Waals surface area contributed by atoms with Crippen LogP contribution in [0.4, 0.5) is 34.1 Å². The van der Waals surface area contributed by atoms with Gasteiger partial charge in [-0.1, -0.05) is 182 Å². The van der Waals surface area contributed by atoms with Gasteiger partial charge in [0.05, 0.1) is 22.4 Å². The Morgan fingerprint density at radius 2 is 0.761 bits per heavy atom. The monoisotopic (exact) mass is 855 g/mol. The van der Waals surface area contributed by atoms with E-state index in [4.69, 9.17) is 0 Å². The molecule has 0 aliphatic rings. The van der Waals surface area contributed by atoms with Gasteiger partial charge in [0.15, 0.2) is 0 Å². The maximum Gasteiger partial charge on any atom is 0.0561 e. The highest BCUT2D eigenvalue weighted by Crippen LogP contribution is 2.46. The lowest BCUT2D eigenvalue weighted by Gasteiger charge is -2.29. The second kappa shape index (κ2) is 17.2. The van der Waals surface area contributed by atoms with E-state index in [2.05, 4.69) is 287 Å². The normalized spacial score (nSPS) is 11.3. The van der Waals surface area contributed by atoms with Gasteiger partial charge in [0, 0.05) is 50.3 Å². The van der Waals surface area contributed by atoms with Crippen LogP contribution < -0.4 is 9.80 Å². The minimum Gasteiger partial charge on any atom is -0.310 e. The Bertz CT molecular complexity index is 3650. The van der Waals surface area contributed by atoms with Gasteiger partial charge < -0.3 is 14.4 Å². The molecule has 3 heteroatoms. The first-order chi connectivity index (χ1) is 33.2. The second-order valence-electron chi connectivity index (χ2n) is 17.0. The molecule has 0 N–H and O–H groups in total. The zero-order valence-electron chi connectivity index (χ0n) is 36.8. The predicted molar refractivity (Wildman–Crippen MR) is 284 cm³/mol. The second-order valence-corrected chi connectivity index (χ2v) is 17.0. The van der Waals surface area contributed by atoms with Crippen LogP contribution in [0, 0.1) is 0 Å². The standard InChI is InChI=1S/C64H45N3/c1-5-21-46(22-6-1)60-43-49-23-13-14-24-50(49)44-63(60)66(56-39-40-59-58-36-16-18-38-62(58)67(64(59)45-56)54-32-11-4-12-33-54)55-34-20-26-48(42-55)47-25-19-27-51(41-47)57-35-15-17-37-61(57)65(52-28-7-2-8-29-52)53-30-9-3-10-31-53/h1-45H. The van der Waals surface area contributed by atoms with Crippen molar-refractivity contribution in [2.45, 2.75) is 0 Å². The molecule has 0 unspecified atom stereocenters. The lowest BCUT2D eigenvalue weighted by Crippen LogP contribution is -2.12. The van der Waals surface area contributed by atoms with Gasteiger partial charge in [-0.25, -0.2) is 0 Å². The first-order valence-electron chi connectivity index (χ1n) is 22.9. The van der Waals surface area contributed by atoms with Gasteiger partial charge in [-0.15, -0.1) is 0 Å². The van der Waals surface area contributed by atoms with Crippen molar-refractivity contribution in [3.63, 3.8) is 0 Å². The Labute approximate surface area is 391 Å². The van der Waals surface area contributed by atoms with Gasteiger partial charge in [0.2, 0.25) is 0 Å². The van der Waals surface area contributed by atoms with E-state index >= 15 is 0 Å². The SMILES string of the molecule is c1ccc(-c2cc3ccccc3cc2N(c2cccc(-c3cccc(-c4ccccc4N(c4ccccc4)c4ccccc4)c3)c2)c2ccc3c4ccccc4n(-c4ccccc4)c3c2)cc1. The average Bonchev–Trinajstić information content (AvgIpc) is 3.74. The number of anilines is 6. The summed E-state index contributed by atoms with van der Waals surface area (Å²) < 4.78 is 2.40. The highest BCUT2D eigenvalue weighted by Gasteiger charge is 2.22. The van der Waals surface area contributed by atoms with Crippen molar-refractivity contribution >= 4 is 66.7 Å². The van der Waals surface area contributed by atoms with Gasteiger partial charge in [-0.3, -0.25) is 0 Å². The molecule has 0 saturated heterocycles. The summed E-state index contributed by atoms with van der Waals surface area (Å²) in [7, 11) is 0. The summed E-state index contributed by atoms with van der Waals surface area (Å²) in [4.78, 5) is 4.81. The summed E-state index contributed by atoms with van der Waals surface area (Å²) in [6.07, 6.45) is 0. The van der Waals surface area contributed by atoms with Crippen molar-refractivity contribution in [2.24, 2.45) is 0 Å². The smallest absolute Gasteiger partial charge is 0.0561 e. The molecule has 0 amide bonds. The van der Waals surface area contributed by atoms with Crippen LogP contribution in [-0.2, 0) is 0 Å². The van der Waals surface area contributed by atoms with Crippen molar-refractivity contribution in [2.75, 3.05) is 9.80 Å². The first-order valence-corrected chi connectivity index (χ1v) is 22.9. The van der Waals surface area contributed by atoms with Crippen LogP contribution in [0.5, 0.6) is 0 Å². The van der Waals surface area contributed by atoms with Crippen molar-refractivity contribution in [3.05, 3.63) is 273 Å². The molecule has 11 aromatic carbocycles. The minimum atomic E-state index is 1.07. The Kier molecular flexibility index (Phi) is 10.2. The van der Waals surface area contributed by atoms with E-state index in [0.717, 1.165) is 78.7 Å². The lowest BCUT2D eigenvalue weighted by molar-refractivity contribution is 1.18. The fourth-order valence-corrected chi connectivity index (χ4v) is 9.83. The minimum absolute atomic E-state index is 1.07. The van der Waals surface area contributed by atoms with Crippen molar-refractivity contribution in [1.82, 2.24) is 4.57 Å². The molecule has 0 aliphatic heterocycles. The zero-order chi connectivity index (χ0) is 44.5. The van der Waals surface area contributed by atoms with Crippen LogP contribution in [0.2, 0.25) is 0 Å². The largest absolute Gasteiger partial charge is 0.310 e. The van der Waals surface area contributed by atoms with Crippen LogP contribution in [0.3, 0.4) is 0 Å². The molecule has 12 aromatic rings. The van der Waals surface area contributed by atoms with Crippen LogP contribution in [-0.4, -0.2) is 4.57 Å². The highest BCUT2D eigenvalue weighted by molar-refractivity contribution is 6.11. The van der Waals surface area contributed by atoms with Crippen LogP contribution in [0.25, 0.3) is 71.6 Å². The summed E-state index contributed by atoms with van der Waals surface area (Å²) in [6.45, 7) is 0. The van der Waals surface area contributed by atoms with E-state index < -0.39 is 0 Å². The molecular formula is C64H45N3. The summed E-state index contributed by atoms with van der Waals surface area (Å²) in [5.41, 5.74) is 16.9. The molecule has 0 atom stereocenters. The Balaban J connectivity index is 1.05. The third-order valence-electron chi connectivity index (χ3n) is 12.9. The summed E-state index contributed by atoms with van der Waals surface area (Å²) in [5, 5.41) is 4.83. The summed E-state index contributed by atoms with van der Waals surface area (Å²) >= 11 is 0. The number of benzene rings is 11. The molecule has 0 saturated carbocycles. The Morgan fingerprint density at radius 3 is 1.51 bits per heavy atom. The van der Waals surface area contributed by atoms with Crippen LogP contribution in [0.15, 0.2) is 273 Å². The zero-order valence-corrected chi connectivity index (χ0v) is 36.8. The third kappa shape index (κ3) is 7.39. The number of aromatic nitrogens is 1. The van der Waals surface area contributed by atoms with Gasteiger partial charge in [-0.2, -0.15) is 0 Å². The fraction of sp³-hybridized carbons (Fsp3) is 0. The molecule has 0 bridgehead atoms. The number of nitrogens with zero attached hydrogens (tertiary/aromatic N) is 3. The highest BCUT2D eigenvalue weighted by atomic mass is 15.2. The van der Waals surface area contributed by atoms with Crippen molar-refractivity contribution in [1.29, 1.82) is 0 Å². The molecule has 3 nitrogen and oxygen atoms in total. The van der Waals surface area contributed by atoms with Gasteiger partial charge in [0.1, 0.15) is 0 Å². The molecular weight excluding hydrogens is 811 g/mol. The Hall–Kier alpha value is -8.92. The number of hydrogen-bond acceptors (Lipinski definition) is 2. The number of hydrogen-bond donors (Lipinski definition) is 0. The van der Waals surface area contributed by atoms with E-state index in [1.165, 1.54) is 27.1 Å². The van der Waals surface area contributed by atoms with Crippen LogP contribution >= 0.6 is 0 Å². The number of rotatable bonds is 10. The van der Waals surface area contributed by atoms with E-state index in [0.29, 0.717) is 0 Å². The summed E-state index contributed by atoms with van der Waals surface area (Å²) in [6, 6.07) is 98.7. The summed E-state index contributed by atoms with van der Waals surface area (Å²) in [5.74, 6) is 0. The quantitative estimate of drug-likeness (QED) is 0.136. The molecule has 1 aromatic heterocycles. The molecule has 0 aliphatic carbocycles. The van der Waals surface area contributed by atoms with Gasteiger partial charge in [-0.05, 0) is 124 Å². The average molecular weight is 856 g/mol. The van der Waals surface area contributed by atoms with Crippen LogP contribution in [0.1, 0.15) is 0 Å². The third-order valence-corrected chi connectivity index (χ3v) is 12.9. The molecule has 316 valence electrons. The molecule has 67 heavy (non-hydrogen) atoms. The topological polar surface area (TPSA) is 11.4 Å². The van der Waals surface area contributed by atoms with E-state index in [1.54, 1.807) is 0 Å². The number of fused-ring (bicyclic) bond motifs is 4. The molecule has 1 heterocycles. The van der Waals surface area contributed by atoms with Gasteiger partial charge >= 0.3 is 0 Å². The fourth-order valence-electron chi connectivity index (χ4n) is 9.83. The molecule has 0 spiro atoms. The first kappa shape index (κ1) is 39.7. The maximum atomic E-state index is 2.46. The maximum absolute atomic E-state index is 2.46. The molecule has 0 fully saturated rings. The molecule has 0 radical (unpaired) electrons. The lowest BCUT2D eigenvalue weighted by atomic mass is 9.96. The predicted octanol–water partition coefficient (Wildman–Crippen LogP) is 17.9. The van der Waals surface area contributed by atoms with Crippen molar-refractivity contribution in [3.8, 4) is 39.1 Å². The van der Waals surface area contributed by atoms with E-state index in [-0.39, 0.29) is 0 Å². The van der Waals surface area contributed by atoms with E-state index in [1.807, 2.05) is 0 Å². The van der Waals surface area contributed by atoms with Gasteiger partial charge in [0.25, 0.3) is 0 Å². The number of para-hydroxylation sites is 5. The van der Waals surface area contributed by atoms with Crippen molar-refractivity contribution < 1.29 is 0 Å². The van der Waals surface area contributed by atoms with E-state index in [9.17, 15) is 0 Å².